The van der Waals surface area contributed by atoms with E-state index in [0.29, 0.717) is 12.1 Å². The number of hydrogen-bond donors (Lipinski definition) is 2. The van der Waals surface area contributed by atoms with Crippen molar-refractivity contribution in [2.75, 3.05) is 12.6 Å². The lowest BCUT2D eigenvalue weighted by Gasteiger charge is -2.15. The van der Waals surface area contributed by atoms with Crippen molar-refractivity contribution in [3.63, 3.8) is 0 Å². The van der Waals surface area contributed by atoms with E-state index in [2.05, 4.69) is 6.07 Å². The Labute approximate surface area is 147 Å². The van der Waals surface area contributed by atoms with Gasteiger partial charge in [-0.05, 0) is 52.9 Å². The normalized spacial score (nSPS) is 10.5. The number of benzene rings is 3. The van der Waals surface area contributed by atoms with Crippen LogP contribution >= 0.6 is 0 Å². The van der Waals surface area contributed by atoms with Crippen LogP contribution in [0.3, 0.4) is 0 Å². The van der Waals surface area contributed by atoms with E-state index in [9.17, 15) is 10.3 Å². The van der Waals surface area contributed by atoms with Crippen molar-refractivity contribution in [2.45, 2.75) is 13.0 Å². The Kier molecular flexibility index (Phi) is 5.33. The molecular weight excluding hydrogens is 314 g/mol. The molecule has 0 aliphatic heterocycles. The maximum absolute atomic E-state index is 10.9. The van der Waals surface area contributed by atoms with Crippen LogP contribution in [0.5, 0.6) is 5.75 Å². The Morgan fingerprint density at radius 3 is 2.48 bits per heavy atom. The molecule has 0 aromatic heterocycles. The summed E-state index contributed by atoms with van der Waals surface area (Å²) in [5.74, 6) is 0.752. The van der Waals surface area contributed by atoms with Gasteiger partial charge in [0.25, 0.3) is 0 Å². The van der Waals surface area contributed by atoms with Gasteiger partial charge in [-0.2, -0.15) is 0 Å². The number of anilines is 1. The second-order valence-electron chi connectivity index (χ2n) is 5.82. The molecule has 25 heavy (non-hydrogen) atoms. The van der Waals surface area contributed by atoms with Gasteiger partial charge >= 0.3 is 0 Å². The number of ether oxygens (including phenoxy) is 1. The van der Waals surface area contributed by atoms with Gasteiger partial charge in [0.15, 0.2) is 0 Å². The van der Waals surface area contributed by atoms with Gasteiger partial charge in [-0.15, -0.1) is 0 Å². The van der Waals surface area contributed by atoms with Crippen LogP contribution in [-0.2, 0) is 13.0 Å². The molecule has 4 nitrogen and oxygen atoms in total. The minimum Gasteiger partial charge on any atom is -0.761 e. The lowest BCUT2D eigenvalue weighted by Crippen LogP contribution is -1.97. The van der Waals surface area contributed by atoms with E-state index >= 15 is 0 Å². The van der Waals surface area contributed by atoms with Crippen LogP contribution in [0.15, 0.2) is 66.7 Å². The van der Waals surface area contributed by atoms with Gasteiger partial charge in [0, 0.05) is 11.3 Å². The first-order valence-electron chi connectivity index (χ1n) is 8.08. The van der Waals surface area contributed by atoms with Crippen molar-refractivity contribution in [2.24, 2.45) is 0 Å². The van der Waals surface area contributed by atoms with Gasteiger partial charge in [-0.25, -0.2) is 0 Å². The molecule has 0 aliphatic rings. The molecule has 128 valence electrons. The van der Waals surface area contributed by atoms with E-state index in [0.717, 1.165) is 33.6 Å². The van der Waals surface area contributed by atoms with Crippen molar-refractivity contribution in [1.29, 1.82) is 0 Å². The maximum Gasteiger partial charge on any atom is 0.126 e. The number of hydrogen-bond acceptors (Lipinski definition) is 4. The second-order valence-corrected chi connectivity index (χ2v) is 5.82. The Morgan fingerprint density at radius 1 is 0.960 bits per heavy atom. The molecule has 0 saturated heterocycles. The van der Waals surface area contributed by atoms with E-state index < -0.39 is 0 Å². The summed E-state index contributed by atoms with van der Waals surface area (Å²) in [7, 11) is 1.63. The highest BCUT2D eigenvalue weighted by molar-refractivity contribution is 5.74. The molecular formula is C21H20NO3-. The predicted molar refractivity (Wildman–Crippen MR) is 101 cm³/mol. The standard InChI is InChI=1S/C21H20NO3/c1-25-21-10-9-15(11-16-5-2-3-6-18(16)14-23)12-20(21)17-7-4-8-19(13-17)22-24/h2-10,12-13,22-23H,11,14H2,1H3/q-1. The number of methoxy groups -OCH3 is 1. The maximum atomic E-state index is 10.9. The third kappa shape index (κ3) is 3.82. The molecule has 3 aromatic rings. The molecule has 0 unspecified atom stereocenters. The molecule has 0 heterocycles. The van der Waals surface area contributed by atoms with Crippen LogP contribution in [0.1, 0.15) is 16.7 Å². The highest BCUT2D eigenvalue weighted by Gasteiger charge is 2.09. The molecule has 0 aliphatic carbocycles. The largest absolute Gasteiger partial charge is 0.761 e. The highest BCUT2D eigenvalue weighted by Crippen LogP contribution is 2.33. The minimum atomic E-state index is 0.0242. The van der Waals surface area contributed by atoms with Crippen molar-refractivity contribution in [3.05, 3.63) is 88.6 Å². The van der Waals surface area contributed by atoms with Crippen molar-refractivity contribution in [1.82, 2.24) is 0 Å². The molecule has 3 aromatic carbocycles. The Balaban J connectivity index is 2.00. The zero-order valence-corrected chi connectivity index (χ0v) is 14.0. The first-order valence-corrected chi connectivity index (χ1v) is 8.08. The first-order chi connectivity index (χ1) is 12.2. The summed E-state index contributed by atoms with van der Waals surface area (Å²) < 4.78 is 5.48. The van der Waals surface area contributed by atoms with Crippen LogP contribution in [0.4, 0.5) is 5.69 Å². The molecule has 0 radical (unpaired) electrons. The quantitative estimate of drug-likeness (QED) is 0.658. The average Bonchev–Trinajstić information content (AvgIpc) is 2.68. The van der Waals surface area contributed by atoms with Crippen LogP contribution in [0, 0.1) is 5.21 Å². The van der Waals surface area contributed by atoms with Crippen LogP contribution < -0.4 is 10.2 Å². The van der Waals surface area contributed by atoms with Crippen LogP contribution in [-0.4, -0.2) is 12.2 Å². The fraction of sp³-hybridized carbons (Fsp3) is 0.143. The highest BCUT2D eigenvalue weighted by atomic mass is 16.5. The molecule has 0 atom stereocenters. The SMILES string of the molecule is COc1ccc(Cc2ccccc2CO)cc1-c1cccc(N[O-])c1. The van der Waals surface area contributed by atoms with Crippen molar-refractivity contribution >= 4 is 5.69 Å². The van der Waals surface area contributed by atoms with E-state index in [-0.39, 0.29) is 6.61 Å². The van der Waals surface area contributed by atoms with Gasteiger partial charge in [-0.1, -0.05) is 42.5 Å². The van der Waals surface area contributed by atoms with Crippen LogP contribution in [0.25, 0.3) is 11.1 Å². The second kappa shape index (κ2) is 7.83. The monoisotopic (exact) mass is 334 g/mol. The summed E-state index contributed by atoms with van der Waals surface area (Å²) >= 11 is 0. The summed E-state index contributed by atoms with van der Waals surface area (Å²) in [6, 6.07) is 21.2. The van der Waals surface area contributed by atoms with Crippen LogP contribution in [0.2, 0.25) is 0 Å². The third-order valence-electron chi connectivity index (χ3n) is 4.24. The van der Waals surface area contributed by atoms with Gasteiger partial charge in [0.1, 0.15) is 5.75 Å². The van der Waals surface area contributed by atoms with Crippen molar-refractivity contribution < 1.29 is 9.84 Å². The molecule has 4 heteroatoms. The van der Waals surface area contributed by atoms with E-state index in [1.54, 1.807) is 19.2 Å². The topological polar surface area (TPSA) is 64.5 Å². The predicted octanol–water partition coefficient (Wildman–Crippen LogP) is 4.36. The van der Waals surface area contributed by atoms with E-state index in [4.69, 9.17) is 4.74 Å². The van der Waals surface area contributed by atoms with Gasteiger partial charge in [0.2, 0.25) is 0 Å². The first kappa shape index (κ1) is 17.0. The molecule has 0 bridgehead atoms. The van der Waals surface area contributed by atoms with Gasteiger partial charge in [0.05, 0.1) is 13.7 Å². The Hall–Kier alpha value is -2.82. The average molecular weight is 334 g/mol. The summed E-state index contributed by atoms with van der Waals surface area (Å²) in [6.07, 6.45) is 0.715. The smallest absolute Gasteiger partial charge is 0.126 e. The number of nitrogens with one attached hydrogen (secondary N) is 1. The van der Waals surface area contributed by atoms with Gasteiger partial charge < -0.3 is 20.5 Å². The Bertz CT molecular complexity index is 861. The molecule has 3 rings (SSSR count). The van der Waals surface area contributed by atoms with E-state index in [1.807, 2.05) is 54.0 Å². The van der Waals surface area contributed by atoms with E-state index in [1.165, 1.54) is 0 Å². The zero-order chi connectivity index (χ0) is 17.6. The fourth-order valence-electron chi connectivity index (χ4n) is 2.95. The molecule has 0 spiro atoms. The van der Waals surface area contributed by atoms with Crippen molar-refractivity contribution in [3.8, 4) is 16.9 Å². The summed E-state index contributed by atoms with van der Waals surface area (Å²) in [4.78, 5) is 0. The lowest BCUT2D eigenvalue weighted by molar-refractivity contribution is 0.281. The summed E-state index contributed by atoms with van der Waals surface area (Å²) in [6.45, 7) is 0.0242. The molecule has 0 fully saturated rings. The summed E-state index contributed by atoms with van der Waals surface area (Å²) in [5.41, 5.74) is 7.41. The number of rotatable bonds is 6. The minimum absolute atomic E-state index is 0.0242. The summed E-state index contributed by atoms with van der Waals surface area (Å²) in [5, 5.41) is 20.5. The fourth-order valence-corrected chi connectivity index (χ4v) is 2.95. The third-order valence-corrected chi connectivity index (χ3v) is 4.24. The van der Waals surface area contributed by atoms with Gasteiger partial charge in [-0.3, -0.25) is 0 Å². The molecule has 2 N–H and O–H groups in total. The lowest BCUT2D eigenvalue weighted by atomic mass is 9.96. The zero-order valence-electron chi connectivity index (χ0n) is 14.0. The number of aliphatic hydroxyl groups excluding tert-OH is 1. The number of aliphatic hydroxyl groups is 1. The molecule has 0 amide bonds. The molecule has 0 saturated carbocycles. The Morgan fingerprint density at radius 2 is 1.76 bits per heavy atom.